The molecule has 0 unspecified atom stereocenters. The standard InChI is InChI=1S/C62H70N6O19/c1-16-81-46-30-42-45(31-43(46)68(54(72)39-25-21-18-22-26-39)58(76)87-62(10,11)35-80-15)83-52-48(64-42)50(66(37(3)70)56(74)85-60(6,7)33-78-13)51-47(49(52)65(36(2)69)55(73)84-59(4,5)32-77-12)63-41-28-27-40(29-44(41)82-51)67(53(71)38-23-19-17-20-24-38)57(75)86-61(8,9)34-79-14/h17-31H,16,32-35H2,1-15H3. The van der Waals surface area contributed by atoms with Crippen LogP contribution in [0, 0.1) is 0 Å². The number of imide groups is 4. The Morgan fingerprint density at radius 2 is 0.828 bits per heavy atom. The van der Waals surface area contributed by atoms with Crippen molar-refractivity contribution < 1.29 is 90.5 Å². The van der Waals surface area contributed by atoms with Gasteiger partial charge in [-0.05, 0) is 98.7 Å². The predicted molar refractivity (Wildman–Crippen MR) is 315 cm³/mol. The molecule has 2 aliphatic heterocycles. The molecule has 0 radical (unpaired) electrons. The molecule has 25 nitrogen and oxygen atoms in total. The molecule has 0 bridgehead atoms. The van der Waals surface area contributed by atoms with Gasteiger partial charge < -0.3 is 52.1 Å². The van der Waals surface area contributed by atoms with Gasteiger partial charge >= 0.3 is 24.4 Å². The first-order valence-corrected chi connectivity index (χ1v) is 27.3. The van der Waals surface area contributed by atoms with Gasteiger partial charge in [-0.25, -0.2) is 48.8 Å². The van der Waals surface area contributed by atoms with Crippen molar-refractivity contribution >= 4 is 82.1 Å². The third-order valence-electron chi connectivity index (χ3n) is 12.7. The summed E-state index contributed by atoms with van der Waals surface area (Å²) in [5.41, 5.74) is -6.87. The molecule has 0 aromatic heterocycles. The fourth-order valence-electron chi connectivity index (χ4n) is 9.31. The number of rotatable bonds is 20. The number of hydrogen-bond acceptors (Lipinski definition) is 21. The number of carbonyl (C=O) groups is 8. The minimum atomic E-state index is -1.41. The van der Waals surface area contributed by atoms with E-state index in [2.05, 4.69) is 0 Å². The monoisotopic (exact) mass is 1200 g/mol. The lowest BCUT2D eigenvalue weighted by molar-refractivity contribution is -0.117. The fourth-order valence-corrected chi connectivity index (χ4v) is 9.31. The maximum absolute atomic E-state index is 14.9. The second-order valence-corrected chi connectivity index (χ2v) is 22.3. The van der Waals surface area contributed by atoms with E-state index in [0.29, 0.717) is 9.80 Å². The van der Waals surface area contributed by atoms with Crippen molar-refractivity contribution in [2.24, 2.45) is 9.98 Å². The summed E-state index contributed by atoms with van der Waals surface area (Å²) in [5, 5.41) is -0.931. The highest BCUT2D eigenvalue weighted by molar-refractivity contribution is 6.21. The van der Waals surface area contributed by atoms with Crippen molar-refractivity contribution in [3.05, 3.63) is 113 Å². The number of methoxy groups -OCH3 is 4. The molecular formula is C62H70N6O19. The van der Waals surface area contributed by atoms with Crippen LogP contribution in [-0.2, 0) is 47.5 Å². The van der Waals surface area contributed by atoms with Gasteiger partial charge in [-0.3, -0.25) is 19.2 Å². The lowest BCUT2D eigenvalue weighted by Crippen LogP contribution is -2.47. The Kier molecular flexibility index (Phi) is 19.9. The molecule has 2 aliphatic rings. The first kappa shape index (κ1) is 65.2. The normalized spacial score (nSPS) is 12.3. The first-order valence-electron chi connectivity index (χ1n) is 27.3. The van der Waals surface area contributed by atoms with Crippen molar-refractivity contribution in [2.75, 3.05) is 81.1 Å². The zero-order valence-corrected chi connectivity index (χ0v) is 51.1. The molecule has 0 saturated heterocycles. The Bertz CT molecular complexity index is 3630. The quantitative estimate of drug-likeness (QED) is 0.0506. The summed E-state index contributed by atoms with van der Waals surface area (Å²) < 4.78 is 64.7. The van der Waals surface area contributed by atoms with E-state index in [1.54, 1.807) is 71.0 Å². The van der Waals surface area contributed by atoms with Gasteiger partial charge in [0, 0.05) is 71.6 Å². The zero-order valence-electron chi connectivity index (χ0n) is 51.1. The summed E-state index contributed by atoms with van der Waals surface area (Å²) in [4.78, 5) is 129. The van der Waals surface area contributed by atoms with Crippen LogP contribution in [-0.4, -0.2) is 132 Å². The average molecular weight is 1200 g/mol. The van der Waals surface area contributed by atoms with Crippen LogP contribution in [0.4, 0.5) is 53.3 Å². The third kappa shape index (κ3) is 14.7. The topological polar surface area (TPSA) is 276 Å². The molecule has 0 fully saturated rings. The number of ether oxygens (including phenoxy) is 11. The van der Waals surface area contributed by atoms with E-state index in [1.807, 2.05) is 0 Å². The molecule has 0 aliphatic carbocycles. The molecular weight excluding hydrogens is 1130 g/mol. The summed E-state index contributed by atoms with van der Waals surface area (Å²) in [6, 6.07) is 22.2. The first-order chi connectivity index (χ1) is 41.0. The minimum absolute atomic E-state index is 0.0478. The second-order valence-electron chi connectivity index (χ2n) is 22.3. The summed E-state index contributed by atoms with van der Waals surface area (Å²) in [6.07, 6.45) is -4.90. The Morgan fingerprint density at radius 1 is 0.460 bits per heavy atom. The van der Waals surface area contributed by atoms with Gasteiger partial charge in [0.15, 0.2) is 23.0 Å². The molecule has 5 aromatic rings. The highest BCUT2D eigenvalue weighted by atomic mass is 16.6. The van der Waals surface area contributed by atoms with E-state index in [9.17, 15) is 38.4 Å². The SMILES string of the molecule is CCOc1cc2c(cc1N(C(=O)OC(C)(C)COC)C(=O)c1ccccc1)Oc1c(N(C(C)=O)C(=O)OC(C)(C)COC)c3c(c(N(C(C)=O)C(=O)OC(C)(C)COC)c1=N2)Oc1cc(N(C(=O)OC(C)(C)COC)C(=O)c2ccccc2)ccc1N=3. The van der Waals surface area contributed by atoms with Gasteiger partial charge in [-0.2, -0.15) is 0 Å². The number of fused-ring (bicyclic) bond motifs is 4. The second kappa shape index (κ2) is 26.5. The Labute approximate surface area is 502 Å². The number of benzene rings is 5. The third-order valence-corrected chi connectivity index (χ3v) is 12.7. The predicted octanol–water partition coefficient (Wildman–Crippen LogP) is 10.4. The Hall–Kier alpha value is -9.30. The van der Waals surface area contributed by atoms with Crippen LogP contribution >= 0.6 is 0 Å². The van der Waals surface area contributed by atoms with E-state index in [4.69, 9.17) is 62.1 Å². The van der Waals surface area contributed by atoms with E-state index in [1.165, 1.54) is 111 Å². The highest BCUT2D eigenvalue weighted by Crippen LogP contribution is 2.49. The van der Waals surface area contributed by atoms with Crippen molar-refractivity contribution in [1.29, 1.82) is 0 Å². The van der Waals surface area contributed by atoms with Crippen LogP contribution in [0.2, 0.25) is 0 Å². The van der Waals surface area contributed by atoms with E-state index < -0.39 is 104 Å². The van der Waals surface area contributed by atoms with E-state index >= 15 is 0 Å². The largest absolute Gasteiger partial charge is 0.492 e. The maximum Gasteiger partial charge on any atom is 0.422 e. The van der Waals surface area contributed by atoms with Crippen LogP contribution in [0.1, 0.15) is 96.9 Å². The molecule has 5 aromatic carbocycles. The number of nitrogens with zero attached hydrogens (tertiary/aromatic N) is 6. The summed E-state index contributed by atoms with van der Waals surface area (Å²) in [7, 11) is 5.58. The molecule has 0 saturated carbocycles. The molecule has 2 heterocycles. The van der Waals surface area contributed by atoms with Crippen LogP contribution < -0.4 is 44.5 Å². The smallest absolute Gasteiger partial charge is 0.422 e. The van der Waals surface area contributed by atoms with E-state index in [0.717, 1.165) is 23.6 Å². The number of anilines is 4. The molecule has 7 rings (SSSR count). The number of amides is 8. The van der Waals surface area contributed by atoms with Crippen LogP contribution in [0.15, 0.2) is 101 Å². The van der Waals surface area contributed by atoms with Crippen molar-refractivity contribution in [3.8, 4) is 28.7 Å². The van der Waals surface area contributed by atoms with Gasteiger partial charge in [-0.1, -0.05) is 36.4 Å². The van der Waals surface area contributed by atoms with Crippen LogP contribution in [0.5, 0.6) is 28.7 Å². The molecule has 0 spiro atoms. The molecule has 462 valence electrons. The average Bonchev–Trinajstić information content (AvgIpc) is 0.818. The Morgan fingerprint density at radius 3 is 1.22 bits per heavy atom. The lowest BCUT2D eigenvalue weighted by Gasteiger charge is -2.33. The van der Waals surface area contributed by atoms with Gasteiger partial charge in [0.05, 0.1) is 38.7 Å². The van der Waals surface area contributed by atoms with Crippen molar-refractivity contribution in [2.45, 2.75) is 98.6 Å². The van der Waals surface area contributed by atoms with Gasteiger partial charge in [0.25, 0.3) is 11.8 Å². The molecule has 87 heavy (non-hydrogen) atoms. The van der Waals surface area contributed by atoms with Gasteiger partial charge in [0.2, 0.25) is 11.8 Å². The van der Waals surface area contributed by atoms with Crippen LogP contribution in [0.25, 0.3) is 0 Å². The molecule has 8 amide bonds. The summed E-state index contributed by atoms with van der Waals surface area (Å²) >= 11 is 0. The van der Waals surface area contributed by atoms with Crippen molar-refractivity contribution in [3.63, 3.8) is 0 Å². The van der Waals surface area contributed by atoms with Crippen molar-refractivity contribution in [1.82, 2.24) is 0 Å². The minimum Gasteiger partial charge on any atom is -0.492 e. The lowest BCUT2D eigenvalue weighted by atomic mass is 10.1. The maximum atomic E-state index is 14.9. The zero-order chi connectivity index (χ0) is 63.9. The molecule has 25 heteroatoms. The fraction of sp³-hybridized carbons (Fsp3) is 0.387. The summed E-state index contributed by atoms with van der Waals surface area (Å²) in [5.74, 6) is -5.40. The highest BCUT2D eigenvalue weighted by Gasteiger charge is 2.44. The van der Waals surface area contributed by atoms with E-state index in [-0.39, 0.29) is 84.2 Å². The molecule has 0 N–H and O–H groups in total. The van der Waals surface area contributed by atoms with Gasteiger partial charge in [-0.15, -0.1) is 0 Å². The number of carbonyl (C=O) groups excluding carboxylic acids is 8. The van der Waals surface area contributed by atoms with Crippen LogP contribution in [0.3, 0.4) is 0 Å². The number of hydrogen-bond donors (Lipinski definition) is 0. The summed E-state index contributed by atoms with van der Waals surface area (Å²) in [6.45, 7) is 15.6. The van der Waals surface area contributed by atoms with Gasteiger partial charge in [0.1, 0.15) is 67.3 Å². The Balaban J connectivity index is 1.61. The molecule has 0 atom stereocenters.